The van der Waals surface area contributed by atoms with Gasteiger partial charge in [0.25, 0.3) is 0 Å². The van der Waals surface area contributed by atoms with E-state index in [-0.39, 0.29) is 37.0 Å². The number of carbonyl (C=O) groups is 1. The molecule has 26 heavy (non-hydrogen) atoms. The van der Waals surface area contributed by atoms with Crippen molar-refractivity contribution in [1.82, 2.24) is 10.2 Å². The highest BCUT2D eigenvalue weighted by atomic mass is 32.1. The molecule has 1 aromatic rings. The smallest absolute Gasteiger partial charge is 0.250 e. The van der Waals surface area contributed by atoms with Gasteiger partial charge in [-0.05, 0) is 50.1 Å². The summed E-state index contributed by atoms with van der Waals surface area (Å²) in [6.45, 7) is 2.17. The van der Waals surface area contributed by atoms with Crippen molar-refractivity contribution in [3.05, 3.63) is 22.4 Å². The fourth-order valence-corrected chi connectivity index (χ4v) is 4.81. The van der Waals surface area contributed by atoms with Crippen LogP contribution < -0.4 is 5.32 Å². The molecule has 4 rings (SSSR count). The normalized spacial score (nSPS) is 31.5. The van der Waals surface area contributed by atoms with Gasteiger partial charge in [0.05, 0.1) is 31.0 Å². The molecule has 144 valence electrons. The average Bonchev–Trinajstić information content (AvgIpc) is 3.36. The van der Waals surface area contributed by atoms with Gasteiger partial charge in [-0.2, -0.15) is 0 Å². The van der Waals surface area contributed by atoms with Crippen LogP contribution in [0.4, 0.5) is 0 Å². The standard InChI is InChI=1S/C19H28N2O4S/c22-19(12-23-14-6-7-16-17(10-14)25-13-24-16)21(11-15-4-3-9-26-15)18-5-1-2-8-20-18/h3-4,9,14,16-18,20H,1-2,5-8,10-13H2. The van der Waals surface area contributed by atoms with Crippen LogP contribution in [0.1, 0.15) is 43.4 Å². The summed E-state index contributed by atoms with van der Waals surface area (Å²) in [7, 11) is 0. The largest absolute Gasteiger partial charge is 0.368 e. The van der Waals surface area contributed by atoms with Gasteiger partial charge < -0.3 is 19.1 Å². The van der Waals surface area contributed by atoms with Crippen LogP contribution in [0.2, 0.25) is 0 Å². The summed E-state index contributed by atoms with van der Waals surface area (Å²) in [6.07, 6.45) is 6.61. The molecular formula is C19H28N2O4S. The monoisotopic (exact) mass is 380 g/mol. The number of ether oxygens (including phenoxy) is 3. The molecular weight excluding hydrogens is 352 g/mol. The van der Waals surface area contributed by atoms with Gasteiger partial charge >= 0.3 is 0 Å². The Labute approximate surface area is 158 Å². The van der Waals surface area contributed by atoms with Crippen molar-refractivity contribution in [2.75, 3.05) is 19.9 Å². The molecule has 1 aliphatic carbocycles. The van der Waals surface area contributed by atoms with Gasteiger partial charge in [0.15, 0.2) is 0 Å². The third-order valence-corrected chi connectivity index (χ3v) is 6.44. The molecule has 0 bridgehead atoms. The number of fused-ring (bicyclic) bond motifs is 1. The van der Waals surface area contributed by atoms with Crippen LogP contribution in [0.3, 0.4) is 0 Å². The lowest BCUT2D eigenvalue weighted by molar-refractivity contribution is -0.144. The zero-order valence-electron chi connectivity index (χ0n) is 15.1. The van der Waals surface area contributed by atoms with E-state index in [0.717, 1.165) is 38.6 Å². The van der Waals surface area contributed by atoms with Crippen LogP contribution in [0, 0.1) is 0 Å². The van der Waals surface area contributed by atoms with Crippen LogP contribution in [0.25, 0.3) is 0 Å². The first kappa shape index (κ1) is 18.4. The summed E-state index contributed by atoms with van der Waals surface area (Å²) < 4.78 is 17.1. The molecule has 3 fully saturated rings. The van der Waals surface area contributed by atoms with Gasteiger partial charge in [0, 0.05) is 11.3 Å². The third kappa shape index (κ3) is 4.46. The van der Waals surface area contributed by atoms with Crippen molar-refractivity contribution in [2.45, 2.75) is 69.5 Å². The quantitative estimate of drug-likeness (QED) is 0.822. The van der Waals surface area contributed by atoms with E-state index in [2.05, 4.69) is 16.8 Å². The Bertz CT molecular complexity index is 576. The second-order valence-electron chi connectivity index (χ2n) is 7.34. The summed E-state index contributed by atoms with van der Waals surface area (Å²) in [4.78, 5) is 16.1. The lowest BCUT2D eigenvalue weighted by Gasteiger charge is -2.35. The van der Waals surface area contributed by atoms with E-state index in [1.54, 1.807) is 11.3 Å². The number of nitrogens with zero attached hydrogens (tertiary/aromatic N) is 1. The Hall–Kier alpha value is -0.990. The molecule has 6 nitrogen and oxygen atoms in total. The maximum Gasteiger partial charge on any atom is 0.250 e. The predicted molar refractivity (Wildman–Crippen MR) is 98.7 cm³/mol. The molecule has 2 saturated heterocycles. The van der Waals surface area contributed by atoms with Crippen molar-refractivity contribution < 1.29 is 19.0 Å². The van der Waals surface area contributed by atoms with Crippen molar-refractivity contribution >= 4 is 17.2 Å². The average molecular weight is 381 g/mol. The fraction of sp³-hybridized carbons (Fsp3) is 0.737. The van der Waals surface area contributed by atoms with Crippen LogP contribution in [0.5, 0.6) is 0 Å². The second-order valence-corrected chi connectivity index (χ2v) is 8.37. The Morgan fingerprint density at radius 3 is 3.00 bits per heavy atom. The molecule has 4 atom stereocenters. The second kappa shape index (κ2) is 8.80. The minimum Gasteiger partial charge on any atom is -0.368 e. The van der Waals surface area contributed by atoms with Gasteiger partial charge in [0.1, 0.15) is 13.4 Å². The van der Waals surface area contributed by atoms with Crippen LogP contribution >= 0.6 is 11.3 Å². The Balaban J connectivity index is 1.33. The molecule has 0 spiro atoms. The fourth-order valence-electron chi connectivity index (χ4n) is 4.11. The third-order valence-electron chi connectivity index (χ3n) is 5.58. The number of nitrogens with one attached hydrogen (secondary N) is 1. The van der Waals surface area contributed by atoms with Gasteiger partial charge in [-0.1, -0.05) is 6.07 Å². The summed E-state index contributed by atoms with van der Waals surface area (Å²) >= 11 is 1.70. The highest BCUT2D eigenvalue weighted by Crippen LogP contribution is 2.30. The van der Waals surface area contributed by atoms with Gasteiger partial charge in [0.2, 0.25) is 5.91 Å². The Morgan fingerprint density at radius 2 is 2.19 bits per heavy atom. The lowest BCUT2D eigenvalue weighted by Crippen LogP contribution is -2.51. The number of hydrogen-bond donors (Lipinski definition) is 1. The van der Waals surface area contributed by atoms with Gasteiger partial charge in [-0.15, -0.1) is 11.3 Å². The highest BCUT2D eigenvalue weighted by molar-refractivity contribution is 7.09. The minimum atomic E-state index is 0.0727. The number of carbonyl (C=O) groups excluding carboxylic acids is 1. The van der Waals surface area contributed by atoms with E-state index < -0.39 is 0 Å². The lowest BCUT2D eigenvalue weighted by atomic mass is 9.92. The van der Waals surface area contributed by atoms with Crippen molar-refractivity contribution in [1.29, 1.82) is 0 Å². The zero-order chi connectivity index (χ0) is 17.8. The molecule has 1 amide bonds. The van der Waals surface area contributed by atoms with E-state index in [1.807, 2.05) is 11.0 Å². The summed E-state index contributed by atoms with van der Waals surface area (Å²) in [5, 5.41) is 5.56. The molecule has 1 aromatic heterocycles. The first-order valence-electron chi connectivity index (χ1n) is 9.69. The molecule has 0 radical (unpaired) electrons. The Morgan fingerprint density at radius 1 is 1.27 bits per heavy atom. The summed E-state index contributed by atoms with van der Waals surface area (Å²) in [5.74, 6) is 0.0727. The van der Waals surface area contributed by atoms with Crippen molar-refractivity contribution in [3.63, 3.8) is 0 Å². The molecule has 1 N–H and O–H groups in total. The van der Waals surface area contributed by atoms with Crippen molar-refractivity contribution in [2.24, 2.45) is 0 Å². The van der Waals surface area contributed by atoms with Crippen LogP contribution in [-0.4, -0.2) is 55.2 Å². The highest BCUT2D eigenvalue weighted by Gasteiger charge is 2.37. The number of piperidine rings is 1. The Kier molecular flexibility index (Phi) is 6.22. The van der Waals surface area contributed by atoms with E-state index in [1.165, 1.54) is 11.3 Å². The minimum absolute atomic E-state index is 0.0727. The van der Waals surface area contributed by atoms with Crippen molar-refractivity contribution in [3.8, 4) is 0 Å². The van der Waals surface area contributed by atoms with Crippen LogP contribution in [0.15, 0.2) is 17.5 Å². The van der Waals surface area contributed by atoms with E-state index in [0.29, 0.717) is 13.3 Å². The molecule has 2 aliphatic heterocycles. The summed E-state index contributed by atoms with van der Waals surface area (Å²) in [5.41, 5.74) is 0. The SMILES string of the molecule is O=C(COC1CCC2OCOC2C1)N(Cc1cccs1)C1CCCCN1. The van der Waals surface area contributed by atoms with E-state index >= 15 is 0 Å². The first-order chi connectivity index (χ1) is 12.8. The summed E-state index contributed by atoms with van der Waals surface area (Å²) in [6, 6.07) is 4.13. The zero-order valence-corrected chi connectivity index (χ0v) is 15.9. The number of hydrogen-bond acceptors (Lipinski definition) is 6. The number of rotatable bonds is 6. The molecule has 3 heterocycles. The van der Waals surface area contributed by atoms with Gasteiger partial charge in [-0.3, -0.25) is 10.1 Å². The maximum atomic E-state index is 12.9. The molecule has 1 saturated carbocycles. The van der Waals surface area contributed by atoms with Gasteiger partial charge in [-0.25, -0.2) is 0 Å². The molecule has 3 aliphatic rings. The van der Waals surface area contributed by atoms with E-state index in [9.17, 15) is 4.79 Å². The predicted octanol–water partition coefficient (Wildman–Crippen LogP) is 2.49. The maximum absolute atomic E-state index is 12.9. The van der Waals surface area contributed by atoms with Crippen LogP contribution in [-0.2, 0) is 25.5 Å². The van der Waals surface area contributed by atoms with E-state index in [4.69, 9.17) is 14.2 Å². The topological polar surface area (TPSA) is 60.0 Å². The molecule has 0 aromatic carbocycles. The number of amides is 1. The molecule has 4 unspecified atom stereocenters. The first-order valence-corrected chi connectivity index (χ1v) is 10.6. The number of thiophene rings is 1. The molecule has 7 heteroatoms.